The first-order chi connectivity index (χ1) is 7.72. The Morgan fingerprint density at radius 2 is 2.19 bits per heavy atom. The minimum Gasteiger partial charge on any atom is -0.398 e. The molecular formula is C12H14FN3. The van der Waals surface area contributed by atoms with Crippen molar-refractivity contribution >= 4 is 5.69 Å². The Balaban J connectivity index is 2.49. The molecule has 2 aromatic rings. The number of hydrogen-bond acceptors (Lipinski definition) is 2. The molecule has 16 heavy (non-hydrogen) atoms. The fourth-order valence-electron chi connectivity index (χ4n) is 1.70. The number of rotatable bonds is 3. The van der Waals surface area contributed by atoms with Crippen molar-refractivity contribution in [1.29, 1.82) is 0 Å². The third-order valence-electron chi connectivity index (χ3n) is 2.44. The number of hydrogen-bond donors (Lipinski definition) is 1. The first-order valence-electron chi connectivity index (χ1n) is 5.29. The lowest BCUT2D eigenvalue weighted by Gasteiger charge is -2.08. The standard InChI is InChI=1S/C12H14FN3/c1-2-7-16-12(5-6-15-16)10-8-9(13)3-4-11(10)14/h3-6,8H,2,7,14H2,1H3. The van der Waals surface area contributed by atoms with Gasteiger partial charge in [0.1, 0.15) is 5.82 Å². The van der Waals surface area contributed by atoms with E-state index in [-0.39, 0.29) is 5.82 Å². The summed E-state index contributed by atoms with van der Waals surface area (Å²) in [7, 11) is 0. The Hall–Kier alpha value is -1.84. The third-order valence-corrected chi connectivity index (χ3v) is 2.44. The van der Waals surface area contributed by atoms with Crippen LogP contribution < -0.4 is 5.73 Å². The molecule has 0 aliphatic rings. The van der Waals surface area contributed by atoms with Gasteiger partial charge in [0, 0.05) is 24.0 Å². The number of nitrogens with two attached hydrogens (primary N) is 1. The van der Waals surface area contributed by atoms with E-state index < -0.39 is 0 Å². The van der Waals surface area contributed by atoms with Crippen molar-refractivity contribution in [1.82, 2.24) is 9.78 Å². The van der Waals surface area contributed by atoms with Gasteiger partial charge in [0.25, 0.3) is 0 Å². The van der Waals surface area contributed by atoms with Gasteiger partial charge in [-0.1, -0.05) is 6.92 Å². The molecule has 0 saturated heterocycles. The SMILES string of the molecule is CCCn1nccc1-c1cc(F)ccc1N. The summed E-state index contributed by atoms with van der Waals surface area (Å²) in [4.78, 5) is 0. The number of aryl methyl sites for hydroxylation is 1. The van der Waals surface area contributed by atoms with Gasteiger partial charge >= 0.3 is 0 Å². The molecule has 0 aliphatic heterocycles. The van der Waals surface area contributed by atoms with Crippen molar-refractivity contribution in [3.63, 3.8) is 0 Å². The Labute approximate surface area is 93.7 Å². The number of aromatic nitrogens is 2. The van der Waals surface area contributed by atoms with Crippen molar-refractivity contribution < 1.29 is 4.39 Å². The molecule has 1 heterocycles. The highest BCUT2D eigenvalue weighted by Crippen LogP contribution is 2.26. The molecule has 0 spiro atoms. The molecule has 4 heteroatoms. The summed E-state index contributed by atoms with van der Waals surface area (Å²) in [5, 5.41) is 4.19. The maximum atomic E-state index is 13.2. The van der Waals surface area contributed by atoms with E-state index in [2.05, 4.69) is 12.0 Å². The molecular weight excluding hydrogens is 205 g/mol. The van der Waals surface area contributed by atoms with E-state index in [1.807, 2.05) is 10.7 Å². The first kappa shape index (κ1) is 10.7. The lowest BCUT2D eigenvalue weighted by molar-refractivity contribution is 0.607. The second-order valence-electron chi connectivity index (χ2n) is 3.67. The van der Waals surface area contributed by atoms with Crippen LogP contribution in [-0.2, 0) is 6.54 Å². The molecule has 0 amide bonds. The number of nitrogen functional groups attached to an aromatic ring is 1. The average molecular weight is 219 g/mol. The summed E-state index contributed by atoms with van der Waals surface area (Å²) < 4.78 is 15.0. The van der Waals surface area contributed by atoms with Gasteiger partial charge in [-0.25, -0.2) is 4.39 Å². The summed E-state index contributed by atoms with van der Waals surface area (Å²) in [5.41, 5.74) is 7.97. The molecule has 0 unspecified atom stereocenters. The lowest BCUT2D eigenvalue weighted by Crippen LogP contribution is -2.02. The van der Waals surface area contributed by atoms with E-state index in [1.54, 1.807) is 12.3 Å². The van der Waals surface area contributed by atoms with Crippen LogP contribution in [0.5, 0.6) is 0 Å². The number of benzene rings is 1. The van der Waals surface area contributed by atoms with Crippen LogP contribution in [0.25, 0.3) is 11.3 Å². The Morgan fingerprint density at radius 3 is 2.94 bits per heavy atom. The van der Waals surface area contributed by atoms with Crippen molar-refractivity contribution in [2.45, 2.75) is 19.9 Å². The maximum Gasteiger partial charge on any atom is 0.124 e. The van der Waals surface area contributed by atoms with Gasteiger partial charge in [-0.3, -0.25) is 4.68 Å². The highest BCUT2D eigenvalue weighted by Gasteiger charge is 2.09. The Kier molecular flexibility index (Phi) is 2.90. The summed E-state index contributed by atoms with van der Waals surface area (Å²) in [6.45, 7) is 2.87. The molecule has 3 nitrogen and oxygen atoms in total. The van der Waals surface area contributed by atoms with Gasteiger partial charge in [0.15, 0.2) is 0 Å². The zero-order chi connectivity index (χ0) is 11.5. The number of anilines is 1. The van der Waals surface area contributed by atoms with Crippen LogP contribution in [0, 0.1) is 5.82 Å². The van der Waals surface area contributed by atoms with Crippen molar-refractivity contribution in [2.75, 3.05) is 5.73 Å². The maximum absolute atomic E-state index is 13.2. The molecule has 2 rings (SSSR count). The molecule has 1 aromatic carbocycles. The van der Waals surface area contributed by atoms with Gasteiger partial charge in [-0.15, -0.1) is 0 Å². The van der Waals surface area contributed by atoms with Gasteiger partial charge in [-0.2, -0.15) is 5.10 Å². The molecule has 2 N–H and O–H groups in total. The van der Waals surface area contributed by atoms with E-state index in [1.165, 1.54) is 12.1 Å². The van der Waals surface area contributed by atoms with E-state index >= 15 is 0 Å². The monoisotopic (exact) mass is 219 g/mol. The average Bonchev–Trinajstić information content (AvgIpc) is 2.70. The van der Waals surface area contributed by atoms with Gasteiger partial charge < -0.3 is 5.73 Å². The molecule has 0 saturated carbocycles. The van der Waals surface area contributed by atoms with Crippen LogP contribution in [0.4, 0.5) is 10.1 Å². The normalized spacial score (nSPS) is 10.6. The Bertz CT molecular complexity index is 491. The third kappa shape index (κ3) is 1.91. The first-order valence-corrected chi connectivity index (χ1v) is 5.29. The van der Waals surface area contributed by atoms with Crippen LogP contribution in [0.2, 0.25) is 0 Å². The zero-order valence-electron chi connectivity index (χ0n) is 9.15. The van der Waals surface area contributed by atoms with Crippen molar-refractivity contribution in [3.05, 3.63) is 36.3 Å². The molecule has 0 bridgehead atoms. The second kappa shape index (κ2) is 4.35. The van der Waals surface area contributed by atoms with E-state index in [4.69, 9.17) is 5.73 Å². The quantitative estimate of drug-likeness (QED) is 0.806. The van der Waals surface area contributed by atoms with Gasteiger partial charge in [0.05, 0.1) is 5.69 Å². The van der Waals surface area contributed by atoms with E-state index in [9.17, 15) is 4.39 Å². The smallest absolute Gasteiger partial charge is 0.124 e. The Morgan fingerprint density at radius 1 is 1.38 bits per heavy atom. The summed E-state index contributed by atoms with van der Waals surface area (Å²) in [6.07, 6.45) is 2.68. The van der Waals surface area contributed by atoms with Crippen LogP contribution >= 0.6 is 0 Å². The zero-order valence-corrected chi connectivity index (χ0v) is 9.15. The molecule has 84 valence electrons. The topological polar surface area (TPSA) is 43.8 Å². The number of nitrogens with zero attached hydrogens (tertiary/aromatic N) is 2. The van der Waals surface area contributed by atoms with Crippen molar-refractivity contribution in [2.24, 2.45) is 0 Å². The van der Waals surface area contributed by atoms with E-state index in [0.29, 0.717) is 11.3 Å². The predicted octanol–water partition coefficient (Wildman–Crippen LogP) is 2.68. The highest BCUT2D eigenvalue weighted by molar-refractivity contribution is 5.73. The molecule has 0 fully saturated rings. The van der Waals surface area contributed by atoms with E-state index in [0.717, 1.165) is 18.7 Å². The summed E-state index contributed by atoms with van der Waals surface area (Å²) in [5.74, 6) is -0.284. The highest BCUT2D eigenvalue weighted by atomic mass is 19.1. The van der Waals surface area contributed by atoms with Crippen LogP contribution in [0.1, 0.15) is 13.3 Å². The minimum atomic E-state index is -0.284. The summed E-state index contributed by atoms with van der Waals surface area (Å²) in [6, 6.07) is 6.23. The predicted molar refractivity (Wildman–Crippen MR) is 62.3 cm³/mol. The molecule has 0 aliphatic carbocycles. The van der Waals surface area contributed by atoms with Crippen LogP contribution in [0.15, 0.2) is 30.5 Å². The van der Waals surface area contributed by atoms with Crippen LogP contribution in [-0.4, -0.2) is 9.78 Å². The second-order valence-corrected chi connectivity index (χ2v) is 3.67. The largest absolute Gasteiger partial charge is 0.398 e. The van der Waals surface area contributed by atoms with Gasteiger partial charge in [-0.05, 0) is 30.7 Å². The fraction of sp³-hybridized carbons (Fsp3) is 0.250. The summed E-state index contributed by atoms with van der Waals surface area (Å²) >= 11 is 0. The molecule has 0 atom stereocenters. The van der Waals surface area contributed by atoms with Gasteiger partial charge in [0.2, 0.25) is 0 Å². The number of halogens is 1. The lowest BCUT2D eigenvalue weighted by atomic mass is 10.1. The fourth-order valence-corrected chi connectivity index (χ4v) is 1.70. The minimum absolute atomic E-state index is 0.284. The van der Waals surface area contributed by atoms with Crippen molar-refractivity contribution in [3.8, 4) is 11.3 Å². The molecule has 0 radical (unpaired) electrons. The van der Waals surface area contributed by atoms with Crippen LogP contribution in [0.3, 0.4) is 0 Å². The molecule has 1 aromatic heterocycles.